The van der Waals surface area contributed by atoms with E-state index in [1.165, 1.54) is 25.1 Å². The number of aliphatic hydroxyl groups excluding tert-OH is 1. The van der Waals surface area contributed by atoms with Crippen molar-refractivity contribution in [2.75, 3.05) is 6.54 Å². The Hall–Kier alpha value is -4.00. The van der Waals surface area contributed by atoms with Gasteiger partial charge in [0.2, 0.25) is 0 Å². The monoisotopic (exact) mass is 522 g/mol. The number of benzene rings is 2. The van der Waals surface area contributed by atoms with Gasteiger partial charge in [0.25, 0.3) is 0 Å². The fraction of sp³-hybridized carbons (Fsp3) is 0.217. The Labute approximate surface area is 207 Å². The molecule has 1 aromatic heterocycles. The summed E-state index contributed by atoms with van der Waals surface area (Å²) in [7, 11) is 0. The number of aliphatic hydroxyl groups is 1. The molecule has 0 bridgehead atoms. The highest BCUT2D eigenvalue weighted by atomic mass is 35.5. The molecule has 0 aliphatic rings. The zero-order chi connectivity index (χ0) is 26.4. The predicted molar refractivity (Wildman–Crippen MR) is 121 cm³/mol. The molecule has 2 aromatic carbocycles. The summed E-state index contributed by atoms with van der Waals surface area (Å²) in [5.41, 5.74) is 3.39. The molecule has 0 aliphatic heterocycles. The highest BCUT2D eigenvalue weighted by Crippen LogP contribution is 2.26. The van der Waals surface area contributed by atoms with Gasteiger partial charge in [-0.05, 0) is 36.2 Å². The van der Waals surface area contributed by atoms with Crippen LogP contribution in [0.15, 0.2) is 56.1 Å². The summed E-state index contributed by atoms with van der Waals surface area (Å²) in [4.78, 5) is 45.9. The van der Waals surface area contributed by atoms with E-state index in [4.69, 9.17) is 25.9 Å². The van der Waals surface area contributed by atoms with Gasteiger partial charge in [0, 0.05) is 17.1 Å². The van der Waals surface area contributed by atoms with Crippen molar-refractivity contribution >= 4 is 29.4 Å². The van der Waals surface area contributed by atoms with E-state index in [0.717, 1.165) is 5.01 Å². The first-order chi connectivity index (χ1) is 17.0. The number of carbonyl (C=O) groups excluding carboxylic acids is 2. The predicted octanol–water partition coefficient (Wildman–Crippen LogP) is 2.02. The van der Waals surface area contributed by atoms with Gasteiger partial charge in [-0.15, -0.1) is 0 Å². The number of aryl methyl sites for hydroxylation is 1. The second kappa shape index (κ2) is 11.6. The lowest BCUT2D eigenvalue weighted by Crippen LogP contribution is -2.49. The SMILES string of the molecule is Cc1oc(=O)oc1COC(=O)C(O)CN(Cc1ccc(-c2cc(Cl)ccc2F)cc1)NC(=O)C(=O)O. The van der Waals surface area contributed by atoms with Crippen molar-refractivity contribution < 1.29 is 42.6 Å². The molecule has 13 heteroatoms. The fourth-order valence-electron chi connectivity index (χ4n) is 3.09. The van der Waals surface area contributed by atoms with Crippen LogP contribution in [0.5, 0.6) is 0 Å². The number of carboxylic acid groups (broad SMARTS) is 1. The van der Waals surface area contributed by atoms with Crippen LogP contribution in [0.2, 0.25) is 5.02 Å². The molecule has 0 fully saturated rings. The third kappa shape index (κ3) is 7.01. The molecule has 1 heterocycles. The third-order valence-corrected chi connectivity index (χ3v) is 5.10. The summed E-state index contributed by atoms with van der Waals surface area (Å²) >= 11 is 5.93. The van der Waals surface area contributed by atoms with Crippen molar-refractivity contribution in [1.82, 2.24) is 10.4 Å². The minimum absolute atomic E-state index is 0.0483. The Morgan fingerprint density at radius 2 is 1.86 bits per heavy atom. The van der Waals surface area contributed by atoms with Crippen molar-refractivity contribution in [1.29, 1.82) is 0 Å². The molecule has 0 radical (unpaired) electrons. The molecule has 0 saturated carbocycles. The van der Waals surface area contributed by atoms with Gasteiger partial charge in [-0.1, -0.05) is 35.9 Å². The number of halogens is 2. The molecule has 1 unspecified atom stereocenters. The van der Waals surface area contributed by atoms with E-state index in [2.05, 4.69) is 9.84 Å². The van der Waals surface area contributed by atoms with Crippen LogP contribution in [0.3, 0.4) is 0 Å². The lowest BCUT2D eigenvalue weighted by molar-refractivity contribution is -0.159. The molecular formula is C23H20ClFN2O9. The largest absolute Gasteiger partial charge is 0.519 e. The molecule has 3 rings (SSSR count). The van der Waals surface area contributed by atoms with Gasteiger partial charge in [-0.3, -0.25) is 10.2 Å². The molecule has 1 atom stereocenters. The van der Waals surface area contributed by atoms with Crippen LogP contribution in [-0.4, -0.2) is 45.7 Å². The maximum Gasteiger partial charge on any atom is 0.519 e. The van der Waals surface area contributed by atoms with E-state index in [0.29, 0.717) is 16.1 Å². The number of hydrogen-bond acceptors (Lipinski definition) is 9. The molecule has 0 saturated heterocycles. The number of hydrazine groups is 1. The van der Waals surface area contributed by atoms with Gasteiger partial charge >= 0.3 is 23.7 Å². The average Bonchev–Trinajstić information content (AvgIpc) is 3.16. The summed E-state index contributed by atoms with van der Waals surface area (Å²) in [5, 5.41) is 20.5. The number of amides is 1. The highest BCUT2D eigenvalue weighted by molar-refractivity contribution is 6.31. The minimum Gasteiger partial charge on any atom is -0.474 e. The Morgan fingerprint density at radius 3 is 2.47 bits per heavy atom. The second-order valence-corrected chi connectivity index (χ2v) is 7.94. The van der Waals surface area contributed by atoms with Gasteiger partial charge in [-0.2, -0.15) is 0 Å². The van der Waals surface area contributed by atoms with E-state index >= 15 is 0 Å². The molecular weight excluding hydrogens is 503 g/mol. The molecule has 1 amide bonds. The van der Waals surface area contributed by atoms with Crippen LogP contribution >= 0.6 is 11.6 Å². The Bertz CT molecular complexity index is 1320. The molecule has 190 valence electrons. The molecule has 0 aliphatic carbocycles. The van der Waals surface area contributed by atoms with Crippen LogP contribution in [-0.2, 0) is 32.3 Å². The number of aliphatic carboxylic acids is 1. The first-order valence-corrected chi connectivity index (χ1v) is 10.7. The minimum atomic E-state index is -1.81. The number of nitrogens with one attached hydrogen (secondary N) is 1. The van der Waals surface area contributed by atoms with Gasteiger partial charge < -0.3 is 23.8 Å². The Morgan fingerprint density at radius 1 is 1.17 bits per heavy atom. The Kier molecular flexibility index (Phi) is 8.59. The van der Waals surface area contributed by atoms with Gasteiger partial charge in [0.05, 0.1) is 6.54 Å². The van der Waals surface area contributed by atoms with Crippen LogP contribution in [0, 0.1) is 12.7 Å². The maximum absolute atomic E-state index is 14.1. The summed E-state index contributed by atoms with van der Waals surface area (Å²) < 4.78 is 28.4. The van der Waals surface area contributed by atoms with Crippen molar-refractivity contribution in [3.05, 3.63) is 81.0 Å². The number of nitrogens with zero attached hydrogens (tertiary/aromatic N) is 1. The number of esters is 1. The zero-order valence-electron chi connectivity index (χ0n) is 18.7. The van der Waals surface area contributed by atoms with Gasteiger partial charge in [0.1, 0.15) is 5.82 Å². The standard InChI is InChI=1S/C23H20ClFN2O9/c1-12-19(36-23(33)35-12)11-34-22(32)18(28)10-27(26-20(29)21(30)31)9-13-2-4-14(5-3-13)16-8-15(24)6-7-17(16)25/h2-8,18,28H,9-11H2,1H3,(H,26,29)(H,30,31). The van der Waals surface area contributed by atoms with Crippen LogP contribution in [0.25, 0.3) is 11.1 Å². The molecule has 3 N–H and O–H groups in total. The zero-order valence-corrected chi connectivity index (χ0v) is 19.5. The van der Waals surface area contributed by atoms with E-state index in [1.54, 1.807) is 24.3 Å². The molecule has 3 aromatic rings. The second-order valence-electron chi connectivity index (χ2n) is 7.50. The first-order valence-electron chi connectivity index (χ1n) is 10.3. The highest BCUT2D eigenvalue weighted by Gasteiger charge is 2.25. The topological polar surface area (TPSA) is 160 Å². The van der Waals surface area contributed by atoms with Gasteiger partial charge in [0.15, 0.2) is 24.2 Å². The van der Waals surface area contributed by atoms with E-state index in [-0.39, 0.29) is 23.6 Å². The van der Waals surface area contributed by atoms with E-state index < -0.39 is 48.7 Å². The summed E-state index contributed by atoms with van der Waals surface area (Å²) in [6, 6.07) is 10.5. The van der Waals surface area contributed by atoms with Crippen molar-refractivity contribution in [3.8, 4) is 11.1 Å². The summed E-state index contributed by atoms with van der Waals surface area (Å²) in [6.07, 6.45) is -1.81. The van der Waals surface area contributed by atoms with Crippen LogP contribution in [0.4, 0.5) is 4.39 Å². The quantitative estimate of drug-likeness (QED) is 0.215. The van der Waals surface area contributed by atoms with Crippen LogP contribution < -0.4 is 11.2 Å². The number of carboxylic acids is 1. The summed E-state index contributed by atoms with van der Waals surface area (Å²) in [6.45, 7) is 0.254. The Balaban J connectivity index is 1.69. The smallest absolute Gasteiger partial charge is 0.474 e. The number of rotatable bonds is 9. The normalized spacial score (nSPS) is 11.8. The maximum atomic E-state index is 14.1. The van der Waals surface area contributed by atoms with E-state index in [9.17, 15) is 28.7 Å². The molecule has 11 nitrogen and oxygen atoms in total. The van der Waals surface area contributed by atoms with Crippen LogP contribution in [0.1, 0.15) is 17.1 Å². The molecule has 36 heavy (non-hydrogen) atoms. The number of ether oxygens (including phenoxy) is 1. The lowest BCUT2D eigenvalue weighted by Gasteiger charge is -2.24. The lowest BCUT2D eigenvalue weighted by atomic mass is 10.0. The number of carbonyl (C=O) groups is 3. The summed E-state index contributed by atoms with van der Waals surface area (Å²) in [5.74, 6) is -5.72. The van der Waals surface area contributed by atoms with Crippen molar-refractivity contribution in [2.24, 2.45) is 0 Å². The third-order valence-electron chi connectivity index (χ3n) is 4.87. The van der Waals surface area contributed by atoms with Gasteiger partial charge in [-0.25, -0.2) is 23.8 Å². The number of hydrogen-bond donors (Lipinski definition) is 3. The first kappa shape index (κ1) is 26.6. The average molecular weight is 523 g/mol. The van der Waals surface area contributed by atoms with E-state index in [1.807, 2.05) is 0 Å². The fourth-order valence-corrected chi connectivity index (χ4v) is 3.26. The van der Waals surface area contributed by atoms with Crippen molar-refractivity contribution in [2.45, 2.75) is 26.2 Å². The van der Waals surface area contributed by atoms with Crippen molar-refractivity contribution in [3.63, 3.8) is 0 Å². The molecule has 0 spiro atoms.